The molecule has 2 aromatic rings. The maximum atomic E-state index is 13.1. The van der Waals surface area contributed by atoms with E-state index in [9.17, 15) is 18.4 Å². The van der Waals surface area contributed by atoms with Gasteiger partial charge in [0.1, 0.15) is 0 Å². The second kappa shape index (κ2) is 6.39. The van der Waals surface area contributed by atoms with Crippen LogP contribution in [0.15, 0.2) is 48.5 Å². The molecule has 2 amide bonds. The van der Waals surface area contributed by atoms with Gasteiger partial charge in [0.25, 0.3) is 5.91 Å². The maximum Gasteiger partial charge on any atom is 0.251 e. The summed E-state index contributed by atoms with van der Waals surface area (Å²) in [6.07, 6.45) is 1.69. The molecule has 124 valence electrons. The molecule has 6 heteroatoms. The predicted molar refractivity (Wildman–Crippen MR) is 84.2 cm³/mol. The van der Waals surface area contributed by atoms with E-state index in [1.807, 2.05) is 30.3 Å². The van der Waals surface area contributed by atoms with E-state index in [4.69, 9.17) is 0 Å². The number of carbonyl (C=O) groups is 2. The fourth-order valence-electron chi connectivity index (χ4n) is 2.58. The van der Waals surface area contributed by atoms with Gasteiger partial charge in [0, 0.05) is 5.56 Å². The van der Waals surface area contributed by atoms with Gasteiger partial charge in [-0.3, -0.25) is 9.59 Å². The van der Waals surface area contributed by atoms with Gasteiger partial charge in [0.05, 0.1) is 12.1 Å². The highest BCUT2D eigenvalue weighted by atomic mass is 19.2. The van der Waals surface area contributed by atoms with Crippen molar-refractivity contribution in [1.82, 2.24) is 10.6 Å². The Labute approximate surface area is 137 Å². The lowest BCUT2D eigenvalue weighted by atomic mass is 10.1. The highest BCUT2D eigenvalue weighted by Gasteiger charge is 2.45. The highest BCUT2D eigenvalue weighted by molar-refractivity contribution is 5.96. The lowest BCUT2D eigenvalue weighted by Crippen LogP contribution is -2.42. The van der Waals surface area contributed by atoms with Gasteiger partial charge in [0.15, 0.2) is 11.6 Å². The first-order valence-corrected chi connectivity index (χ1v) is 7.60. The van der Waals surface area contributed by atoms with Crippen molar-refractivity contribution in [2.75, 3.05) is 6.54 Å². The first kappa shape index (κ1) is 16.1. The monoisotopic (exact) mass is 330 g/mol. The molecule has 1 aliphatic rings. The van der Waals surface area contributed by atoms with Crippen molar-refractivity contribution in [2.24, 2.45) is 0 Å². The summed E-state index contributed by atoms with van der Waals surface area (Å²) in [5, 5.41) is 5.33. The summed E-state index contributed by atoms with van der Waals surface area (Å²) in [7, 11) is 0. The summed E-state index contributed by atoms with van der Waals surface area (Å²) < 4.78 is 26.0. The molecule has 3 rings (SSSR count). The molecule has 1 saturated carbocycles. The first-order chi connectivity index (χ1) is 11.5. The molecule has 0 atom stereocenters. The zero-order valence-electron chi connectivity index (χ0n) is 12.8. The van der Waals surface area contributed by atoms with Crippen molar-refractivity contribution in [3.8, 4) is 0 Å². The molecule has 2 aromatic carbocycles. The second-order valence-electron chi connectivity index (χ2n) is 5.81. The molecule has 0 aromatic heterocycles. The van der Waals surface area contributed by atoms with Crippen molar-refractivity contribution in [3.05, 3.63) is 71.3 Å². The Morgan fingerprint density at radius 3 is 2.33 bits per heavy atom. The highest BCUT2D eigenvalue weighted by Crippen LogP contribution is 2.45. The summed E-state index contributed by atoms with van der Waals surface area (Å²) in [5.41, 5.74) is 0.640. The predicted octanol–water partition coefficient (Wildman–Crippen LogP) is 2.50. The SMILES string of the molecule is O=C(CNC(=O)c1ccc(F)c(F)c1)NC1(c2ccccc2)CC1. The quantitative estimate of drug-likeness (QED) is 0.885. The van der Waals surface area contributed by atoms with E-state index in [1.165, 1.54) is 0 Å². The number of benzene rings is 2. The Kier molecular flexibility index (Phi) is 4.29. The average Bonchev–Trinajstić information content (AvgIpc) is 3.36. The van der Waals surface area contributed by atoms with Gasteiger partial charge in [0.2, 0.25) is 5.91 Å². The van der Waals surface area contributed by atoms with Crippen LogP contribution in [-0.2, 0) is 10.3 Å². The van der Waals surface area contributed by atoms with Crippen LogP contribution in [0.3, 0.4) is 0 Å². The number of carbonyl (C=O) groups excluding carboxylic acids is 2. The molecule has 0 bridgehead atoms. The van der Waals surface area contributed by atoms with Crippen LogP contribution in [0.4, 0.5) is 8.78 Å². The topological polar surface area (TPSA) is 58.2 Å². The maximum absolute atomic E-state index is 13.1. The smallest absolute Gasteiger partial charge is 0.251 e. The standard InChI is InChI=1S/C18H16F2N2O2/c19-14-7-6-12(10-15(14)20)17(24)21-11-16(23)22-18(8-9-18)13-4-2-1-3-5-13/h1-7,10H,8-9,11H2,(H,21,24)(H,22,23). The van der Waals surface area contributed by atoms with Gasteiger partial charge < -0.3 is 10.6 Å². The van der Waals surface area contributed by atoms with E-state index in [0.29, 0.717) is 0 Å². The zero-order valence-corrected chi connectivity index (χ0v) is 12.8. The summed E-state index contributed by atoms with van der Waals surface area (Å²) in [6.45, 7) is -0.230. The molecule has 0 aliphatic heterocycles. The fraction of sp³-hybridized carbons (Fsp3) is 0.222. The van der Waals surface area contributed by atoms with Gasteiger partial charge in [-0.15, -0.1) is 0 Å². The van der Waals surface area contributed by atoms with Gasteiger partial charge in [-0.25, -0.2) is 8.78 Å². The molecule has 4 nitrogen and oxygen atoms in total. The van der Waals surface area contributed by atoms with E-state index < -0.39 is 17.5 Å². The van der Waals surface area contributed by atoms with Crippen LogP contribution >= 0.6 is 0 Å². The van der Waals surface area contributed by atoms with E-state index >= 15 is 0 Å². The molecular weight excluding hydrogens is 314 g/mol. The van der Waals surface area contributed by atoms with Crippen molar-refractivity contribution < 1.29 is 18.4 Å². The molecule has 0 saturated heterocycles. The van der Waals surface area contributed by atoms with E-state index in [1.54, 1.807) is 0 Å². The summed E-state index contributed by atoms with van der Waals surface area (Å²) in [6, 6.07) is 12.5. The lowest BCUT2D eigenvalue weighted by molar-refractivity contribution is -0.121. The van der Waals surface area contributed by atoms with Crippen LogP contribution in [0.1, 0.15) is 28.8 Å². The van der Waals surface area contributed by atoms with Gasteiger partial charge in [-0.05, 0) is 36.6 Å². The number of amides is 2. The molecular formula is C18H16F2N2O2. The van der Waals surface area contributed by atoms with Crippen LogP contribution in [0.25, 0.3) is 0 Å². The third-order valence-corrected chi connectivity index (χ3v) is 4.05. The molecule has 2 N–H and O–H groups in total. The van der Waals surface area contributed by atoms with Crippen LogP contribution in [0.2, 0.25) is 0 Å². The van der Waals surface area contributed by atoms with Crippen molar-refractivity contribution in [2.45, 2.75) is 18.4 Å². The average molecular weight is 330 g/mol. The van der Waals surface area contributed by atoms with Crippen molar-refractivity contribution in [1.29, 1.82) is 0 Å². The summed E-state index contributed by atoms with van der Waals surface area (Å²) in [4.78, 5) is 24.0. The van der Waals surface area contributed by atoms with Gasteiger partial charge >= 0.3 is 0 Å². The molecule has 0 unspecified atom stereocenters. The largest absolute Gasteiger partial charge is 0.345 e. The lowest BCUT2D eigenvalue weighted by Gasteiger charge is -2.18. The summed E-state index contributed by atoms with van der Waals surface area (Å²) in [5.74, 6) is -3.09. The van der Waals surface area contributed by atoms with Crippen LogP contribution in [0, 0.1) is 11.6 Å². The van der Waals surface area contributed by atoms with E-state index in [0.717, 1.165) is 36.6 Å². The zero-order chi connectivity index (χ0) is 17.2. The van der Waals surface area contributed by atoms with Gasteiger partial charge in [-0.2, -0.15) is 0 Å². The molecule has 0 spiro atoms. The number of hydrogen-bond donors (Lipinski definition) is 2. The Balaban J connectivity index is 1.56. The minimum atomic E-state index is -1.10. The number of nitrogens with one attached hydrogen (secondary N) is 2. The molecule has 0 radical (unpaired) electrons. The third-order valence-electron chi connectivity index (χ3n) is 4.05. The first-order valence-electron chi connectivity index (χ1n) is 7.60. The number of rotatable bonds is 5. The Bertz CT molecular complexity index is 774. The summed E-state index contributed by atoms with van der Waals surface area (Å²) >= 11 is 0. The molecule has 24 heavy (non-hydrogen) atoms. The fourth-order valence-corrected chi connectivity index (χ4v) is 2.58. The minimum absolute atomic E-state index is 0.0362. The van der Waals surface area contributed by atoms with E-state index in [-0.39, 0.29) is 23.6 Å². The van der Waals surface area contributed by atoms with Gasteiger partial charge in [-0.1, -0.05) is 30.3 Å². The third kappa shape index (κ3) is 3.42. The van der Waals surface area contributed by atoms with E-state index in [2.05, 4.69) is 10.6 Å². The Morgan fingerprint density at radius 2 is 1.71 bits per heavy atom. The molecule has 1 aliphatic carbocycles. The molecule has 1 fully saturated rings. The van der Waals surface area contributed by atoms with Crippen molar-refractivity contribution >= 4 is 11.8 Å². The van der Waals surface area contributed by atoms with Crippen molar-refractivity contribution in [3.63, 3.8) is 0 Å². The number of halogens is 2. The Hall–Kier alpha value is -2.76. The second-order valence-corrected chi connectivity index (χ2v) is 5.81. The van der Waals surface area contributed by atoms with Crippen LogP contribution in [0.5, 0.6) is 0 Å². The Morgan fingerprint density at radius 1 is 1.00 bits per heavy atom. The molecule has 0 heterocycles. The van der Waals surface area contributed by atoms with Crippen LogP contribution < -0.4 is 10.6 Å². The van der Waals surface area contributed by atoms with Crippen LogP contribution in [-0.4, -0.2) is 18.4 Å². The normalized spacial score (nSPS) is 14.8. The minimum Gasteiger partial charge on any atom is -0.345 e. The number of hydrogen-bond acceptors (Lipinski definition) is 2.